The first-order chi connectivity index (χ1) is 7.04. The summed E-state index contributed by atoms with van der Waals surface area (Å²) < 4.78 is 0. The van der Waals surface area contributed by atoms with Gasteiger partial charge in [0.25, 0.3) is 0 Å². The number of nitrogens with one attached hydrogen (secondary N) is 1. The van der Waals surface area contributed by atoms with Gasteiger partial charge in [0.15, 0.2) is 0 Å². The van der Waals surface area contributed by atoms with Crippen LogP contribution in [0.1, 0.15) is 20.3 Å². The normalized spacial score (nSPS) is 27.2. The second-order valence-electron chi connectivity index (χ2n) is 5.17. The molecule has 1 N–H and O–H groups in total. The first-order valence-electron chi connectivity index (χ1n) is 6.10. The van der Waals surface area contributed by atoms with Crippen LogP contribution in [0.4, 0.5) is 0 Å². The van der Waals surface area contributed by atoms with Gasteiger partial charge in [0, 0.05) is 25.2 Å². The fraction of sp³-hybridized carbons (Fsp3) is 1.00. The average Bonchev–Trinajstić information content (AvgIpc) is 2.61. The van der Waals surface area contributed by atoms with Crippen LogP contribution in [0.3, 0.4) is 0 Å². The van der Waals surface area contributed by atoms with E-state index < -0.39 is 0 Å². The zero-order valence-corrected chi connectivity index (χ0v) is 11.0. The van der Waals surface area contributed by atoms with Crippen molar-refractivity contribution in [3.05, 3.63) is 0 Å². The molecule has 0 amide bonds. The lowest BCUT2D eigenvalue weighted by atomic mass is 10.1. The molecule has 1 heterocycles. The summed E-state index contributed by atoms with van der Waals surface area (Å²) in [5.74, 6) is 0.867. The molecule has 0 bridgehead atoms. The lowest BCUT2D eigenvalue weighted by molar-refractivity contribution is 0.189. The van der Waals surface area contributed by atoms with Crippen LogP contribution in [-0.4, -0.2) is 62.7 Å². The highest BCUT2D eigenvalue weighted by Gasteiger charge is 2.23. The Morgan fingerprint density at radius 1 is 1.47 bits per heavy atom. The van der Waals surface area contributed by atoms with Gasteiger partial charge in [0.2, 0.25) is 0 Å². The Morgan fingerprint density at radius 2 is 2.13 bits per heavy atom. The van der Waals surface area contributed by atoms with Gasteiger partial charge in [-0.15, -0.1) is 0 Å². The zero-order chi connectivity index (χ0) is 11.4. The zero-order valence-electron chi connectivity index (χ0n) is 11.0. The number of likely N-dealkylation sites (tertiary alicyclic amines) is 1. The number of hydrogen-bond acceptors (Lipinski definition) is 3. The van der Waals surface area contributed by atoms with Crippen molar-refractivity contribution in [2.45, 2.75) is 32.4 Å². The Labute approximate surface area is 94.8 Å². The number of nitrogens with zero attached hydrogens (tertiary/aromatic N) is 2. The molecule has 3 unspecified atom stereocenters. The molecule has 0 aliphatic carbocycles. The summed E-state index contributed by atoms with van der Waals surface area (Å²) in [7, 11) is 6.51. The molecule has 0 aromatic heterocycles. The van der Waals surface area contributed by atoms with Crippen molar-refractivity contribution in [2.75, 3.05) is 40.8 Å². The van der Waals surface area contributed by atoms with Crippen LogP contribution in [0.15, 0.2) is 0 Å². The third kappa shape index (κ3) is 3.74. The minimum absolute atomic E-state index is 0.564. The van der Waals surface area contributed by atoms with Gasteiger partial charge in [0.05, 0.1) is 0 Å². The topological polar surface area (TPSA) is 18.5 Å². The largest absolute Gasteiger partial charge is 0.316 e. The second-order valence-corrected chi connectivity index (χ2v) is 5.17. The van der Waals surface area contributed by atoms with Crippen LogP contribution in [-0.2, 0) is 0 Å². The van der Waals surface area contributed by atoms with E-state index in [1.165, 1.54) is 26.1 Å². The summed E-state index contributed by atoms with van der Waals surface area (Å²) in [5, 5.41) is 3.33. The van der Waals surface area contributed by atoms with E-state index in [0.29, 0.717) is 12.1 Å². The summed E-state index contributed by atoms with van der Waals surface area (Å²) in [5.41, 5.74) is 0. The maximum Gasteiger partial charge on any atom is 0.0215 e. The molecule has 1 aliphatic rings. The van der Waals surface area contributed by atoms with Gasteiger partial charge in [-0.1, -0.05) is 0 Å². The minimum atomic E-state index is 0.564. The monoisotopic (exact) mass is 213 g/mol. The van der Waals surface area contributed by atoms with Gasteiger partial charge >= 0.3 is 0 Å². The predicted octanol–water partition coefficient (Wildman–Crippen LogP) is 0.866. The molecule has 3 heteroatoms. The van der Waals surface area contributed by atoms with Crippen LogP contribution in [0.2, 0.25) is 0 Å². The van der Waals surface area contributed by atoms with Gasteiger partial charge in [-0.05, 0) is 53.9 Å². The van der Waals surface area contributed by atoms with Crippen LogP contribution in [0, 0.1) is 5.92 Å². The highest BCUT2D eigenvalue weighted by atomic mass is 15.2. The van der Waals surface area contributed by atoms with E-state index in [0.717, 1.165) is 5.92 Å². The molecule has 90 valence electrons. The van der Waals surface area contributed by atoms with E-state index in [-0.39, 0.29) is 0 Å². The lowest BCUT2D eigenvalue weighted by Gasteiger charge is -2.31. The third-order valence-electron chi connectivity index (χ3n) is 3.91. The summed E-state index contributed by atoms with van der Waals surface area (Å²) in [4.78, 5) is 4.93. The average molecular weight is 213 g/mol. The molecule has 0 aromatic rings. The highest BCUT2D eigenvalue weighted by Crippen LogP contribution is 2.16. The Balaban J connectivity index is 2.31. The number of hydrogen-bond donors (Lipinski definition) is 1. The van der Waals surface area contributed by atoms with Crippen LogP contribution in [0.25, 0.3) is 0 Å². The van der Waals surface area contributed by atoms with Crippen molar-refractivity contribution in [3.8, 4) is 0 Å². The molecule has 1 saturated heterocycles. The number of likely N-dealkylation sites (N-methyl/N-ethyl adjacent to an activating group) is 2. The molecule has 3 atom stereocenters. The standard InChI is InChI=1S/C12H27N3/c1-10(13-3)11(2)15(5)9-12-6-7-14(4)8-12/h10-13H,6-9H2,1-5H3. The Hall–Kier alpha value is -0.120. The van der Waals surface area contributed by atoms with E-state index in [1.54, 1.807) is 0 Å². The molecule has 0 saturated carbocycles. The van der Waals surface area contributed by atoms with E-state index in [2.05, 4.69) is 43.1 Å². The number of rotatable bonds is 5. The Bertz CT molecular complexity index is 184. The molecule has 0 spiro atoms. The van der Waals surface area contributed by atoms with E-state index in [4.69, 9.17) is 0 Å². The quantitative estimate of drug-likeness (QED) is 0.731. The van der Waals surface area contributed by atoms with E-state index in [9.17, 15) is 0 Å². The van der Waals surface area contributed by atoms with Gasteiger partial charge in [-0.25, -0.2) is 0 Å². The third-order valence-corrected chi connectivity index (χ3v) is 3.91. The highest BCUT2D eigenvalue weighted by molar-refractivity contribution is 4.80. The lowest BCUT2D eigenvalue weighted by Crippen LogP contribution is -2.45. The molecular weight excluding hydrogens is 186 g/mol. The molecule has 1 fully saturated rings. The molecule has 3 nitrogen and oxygen atoms in total. The van der Waals surface area contributed by atoms with Crippen molar-refractivity contribution in [2.24, 2.45) is 5.92 Å². The van der Waals surface area contributed by atoms with Gasteiger partial charge in [-0.3, -0.25) is 0 Å². The maximum absolute atomic E-state index is 3.33. The van der Waals surface area contributed by atoms with Gasteiger partial charge in [-0.2, -0.15) is 0 Å². The fourth-order valence-corrected chi connectivity index (χ4v) is 2.37. The smallest absolute Gasteiger partial charge is 0.0215 e. The first kappa shape index (κ1) is 12.9. The van der Waals surface area contributed by atoms with Crippen molar-refractivity contribution < 1.29 is 0 Å². The van der Waals surface area contributed by atoms with Crippen molar-refractivity contribution in [3.63, 3.8) is 0 Å². The predicted molar refractivity (Wildman–Crippen MR) is 66.2 cm³/mol. The molecule has 1 aliphatic heterocycles. The van der Waals surface area contributed by atoms with Crippen molar-refractivity contribution in [1.29, 1.82) is 0 Å². The van der Waals surface area contributed by atoms with Crippen molar-refractivity contribution >= 4 is 0 Å². The van der Waals surface area contributed by atoms with E-state index in [1.807, 2.05) is 7.05 Å². The fourth-order valence-electron chi connectivity index (χ4n) is 2.37. The summed E-state index contributed by atoms with van der Waals surface area (Å²) in [6, 6.07) is 1.18. The summed E-state index contributed by atoms with van der Waals surface area (Å²) >= 11 is 0. The molecular formula is C12H27N3. The van der Waals surface area contributed by atoms with Crippen LogP contribution in [0.5, 0.6) is 0 Å². The molecule has 1 rings (SSSR count). The van der Waals surface area contributed by atoms with Crippen LogP contribution < -0.4 is 5.32 Å². The Morgan fingerprint density at radius 3 is 2.60 bits per heavy atom. The maximum atomic E-state index is 3.33. The molecule has 15 heavy (non-hydrogen) atoms. The SMILES string of the molecule is CNC(C)C(C)N(C)CC1CCN(C)C1. The molecule has 0 aromatic carbocycles. The second kappa shape index (κ2) is 5.83. The van der Waals surface area contributed by atoms with Gasteiger partial charge in [0.1, 0.15) is 0 Å². The Kier molecular flexibility index (Phi) is 5.03. The van der Waals surface area contributed by atoms with E-state index >= 15 is 0 Å². The molecule has 0 radical (unpaired) electrons. The minimum Gasteiger partial charge on any atom is -0.316 e. The van der Waals surface area contributed by atoms with Crippen molar-refractivity contribution in [1.82, 2.24) is 15.1 Å². The van der Waals surface area contributed by atoms with Crippen LogP contribution >= 0.6 is 0 Å². The first-order valence-corrected chi connectivity index (χ1v) is 6.10. The summed E-state index contributed by atoms with van der Waals surface area (Å²) in [6.07, 6.45) is 1.36. The van der Waals surface area contributed by atoms with Gasteiger partial charge < -0.3 is 15.1 Å². The summed E-state index contributed by atoms with van der Waals surface area (Å²) in [6.45, 7) is 8.33.